The van der Waals surface area contributed by atoms with Crippen LogP contribution in [0.1, 0.15) is 11.4 Å². The maximum Gasteiger partial charge on any atom is 0.183 e. The average Bonchev–Trinajstić information content (AvgIpc) is 2.55. The van der Waals surface area contributed by atoms with Gasteiger partial charge in [0.25, 0.3) is 0 Å². The van der Waals surface area contributed by atoms with E-state index in [1.165, 1.54) is 12.4 Å². The largest absolute Gasteiger partial charge is 0.495 e. The molecule has 0 bridgehead atoms. The van der Waals surface area contributed by atoms with Crippen molar-refractivity contribution < 1.29 is 4.74 Å². The monoisotopic (exact) mass is 314 g/mol. The molecular formula is C14H14N6OS. The smallest absolute Gasteiger partial charge is 0.183 e. The molecule has 2 rings (SSSR count). The Balaban J connectivity index is 1.87. The number of aromatic nitrogens is 3. The van der Waals surface area contributed by atoms with Crippen molar-refractivity contribution in [2.75, 3.05) is 19.0 Å². The number of thiocarbonyl (C=S) groups is 1. The van der Waals surface area contributed by atoms with E-state index < -0.39 is 0 Å². The molecule has 0 saturated heterocycles. The molecule has 0 aromatic carbocycles. The molecule has 2 heterocycles. The average molecular weight is 314 g/mol. The minimum absolute atomic E-state index is 0.193. The number of rotatable bonds is 5. The van der Waals surface area contributed by atoms with Gasteiger partial charge in [0.05, 0.1) is 12.8 Å². The fraction of sp³-hybridized carbons (Fsp3) is 0.214. The molecule has 2 aromatic heterocycles. The molecular weight excluding hydrogens is 300 g/mol. The molecule has 0 spiro atoms. The molecule has 0 radical (unpaired) electrons. The van der Waals surface area contributed by atoms with Crippen molar-refractivity contribution in [3.05, 3.63) is 42.1 Å². The first kappa shape index (κ1) is 15.6. The van der Waals surface area contributed by atoms with Crippen LogP contribution in [0, 0.1) is 11.3 Å². The summed E-state index contributed by atoms with van der Waals surface area (Å²) in [6.45, 7) is 0.571. The molecule has 0 aliphatic carbocycles. The number of ether oxygens (including phenoxy) is 1. The van der Waals surface area contributed by atoms with E-state index in [1.807, 2.05) is 18.2 Å². The van der Waals surface area contributed by atoms with Crippen LogP contribution in [-0.2, 0) is 6.42 Å². The van der Waals surface area contributed by atoms with Crippen molar-refractivity contribution in [2.45, 2.75) is 6.42 Å². The maximum atomic E-state index is 8.94. The van der Waals surface area contributed by atoms with Crippen molar-refractivity contribution in [1.29, 1.82) is 5.26 Å². The Hall–Kier alpha value is -2.79. The van der Waals surface area contributed by atoms with Gasteiger partial charge in [-0.3, -0.25) is 4.98 Å². The van der Waals surface area contributed by atoms with Gasteiger partial charge in [0.2, 0.25) is 0 Å². The van der Waals surface area contributed by atoms with Gasteiger partial charge in [-0.05, 0) is 24.4 Å². The van der Waals surface area contributed by atoms with E-state index in [-0.39, 0.29) is 5.69 Å². The molecule has 0 atom stereocenters. The van der Waals surface area contributed by atoms with E-state index in [0.29, 0.717) is 23.9 Å². The van der Waals surface area contributed by atoms with Gasteiger partial charge in [0.15, 0.2) is 16.6 Å². The summed E-state index contributed by atoms with van der Waals surface area (Å²) in [6.07, 6.45) is 5.31. The Labute approximate surface area is 133 Å². The molecule has 112 valence electrons. The van der Waals surface area contributed by atoms with Crippen LogP contribution in [-0.4, -0.2) is 33.7 Å². The summed E-state index contributed by atoms with van der Waals surface area (Å²) in [5.74, 6) is 1.07. The standard InChI is InChI=1S/C14H14N6OS/c1-21-12-3-2-5-16-10(12)4-6-19-14(22)20-13-11(9-15)17-7-8-18-13/h2-3,5,7-8H,4,6H2,1H3,(H2,18,19,20,22). The second kappa shape index (κ2) is 7.85. The summed E-state index contributed by atoms with van der Waals surface area (Å²) in [7, 11) is 1.61. The lowest BCUT2D eigenvalue weighted by atomic mass is 10.2. The third-order valence-corrected chi connectivity index (χ3v) is 3.00. The van der Waals surface area contributed by atoms with Gasteiger partial charge in [-0.1, -0.05) is 0 Å². The van der Waals surface area contributed by atoms with Crippen molar-refractivity contribution >= 4 is 23.1 Å². The van der Waals surface area contributed by atoms with Crippen LogP contribution in [0.4, 0.5) is 5.82 Å². The summed E-state index contributed by atoms with van der Waals surface area (Å²) in [5.41, 5.74) is 1.04. The van der Waals surface area contributed by atoms with E-state index in [1.54, 1.807) is 13.3 Å². The highest BCUT2D eigenvalue weighted by molar-refractivity contribution is 7.80. The van der Waals surface area contributed by atoms with Crippen LogP contribution < -0.4 is 15.4 Å². The number of pyridine rings is 1. The third-order valence-electron chi connectivity index (χ3n) is 2.75. The predicted octanol–water partition coefficient (Wildman–Crippen LogP) is 1.28. The van der Waals surface area contributed by atoms with Crippen LogP contribution in [0.15, 0.2) is 30.7 Å². The Kier molecular flexibility index (Phi) is 5.57. The van der Waals surface area contributed by atoms with E-state index in [2.05, 4.69) is 25.6 Å². The molecule has 22 heavy (non-hydrogen) atoms. The summed E-state index contributed by atoms with van der Waals surface area (Å²) in [6, 6.07) is 5.63. The topological polar surface area (TPSA) is 95.8 Å². The number of nitrogens with zero attached hydrogens (tertiary/aromatic N) is 4. The Morgan fingerprint density at radius 1 is 1.32 bits per heavy atom. The van der Waals surface area contributed by atoms with Crippen LogP contribution in [0.3, 0.4) is 0 Å². The SMILES string of the molecule is COc1cccnc1CCNC(=S)Nc1nccnc1C#N. The van der Waals surface area contributed by atoms with Crippen molar-refractivity contribution in [2.24, 2.45) is 0 Å². The molecule has 7 nitrogen and oxygen atoms in total. The second-order valence-electron chi connectivity index (χ2n) is 4.15. The maximum absolute atomic E-state index is 8.94. The molecule has 0 aliphatic heterocycles. The van der Waals surface area contributed by atoms with Crippen molar-refractivity contribution in [3.8, 4) is 11.8 Å². The number of hydrogen-bond donors (Lipinski definition) is 2. The number of anilines is 1. The first-order valence-electron chi connectivity index (χ1n) is 6.48. The Morgan fingerprint density at radius 3 is 2.91 bits per heavy atom. The number of hydrogen-bond acceptors (Lipinski definition) is 6. The lowest BCUT2D eigenvalue weighted by Gasteiger charge is -2.11. The zero-order valence-corrected chi connectivity index (χ0v) is 12.7. The second-order valence-corrected chi connectivity index (χ2v) is 4.56. The van der Waals surface area contributed by atoms with Crippen molar-refractivity contribution in [3.63, 3.8) is 0 Å². The van der Waals surface area contributed by atoms with Crippen LogP contribution in [0.2, 0.25) is 0 Å². The van der Waals surface area contributed by atoms with E-state index >= 15 is 0 Å². The number of nitrogens with one attached hydrogen (secondary N) is 2. The lowest BCUT2D eigenvalue weighted by Crippen LogP contribution is -2.31. The molecule has 0 amide bonds. The highest BCUT2D eigenvalue weighted by Crippen LogP contribution is 2.14. The van der Waals surface area contributed by atoms with Gasteiger partial charge in [-0.25, -0.2) is 9.97 Å². The zero-order chi connectivity index (χ0) is 15.8. The number of methoxy groups -OCH3 is 1. The van der Waals surface area contributed by atoms with E-state index in [0.717, 1.165) is 11.4 Å². The van der Waals surface area contributed by atoms with E-state index in [9.17, 15) is 0 Å². The third kappa shape index (κ3) is 4.10. The normalized spacial score (nSPS) is 9.64. The summed E-state index contributed by atoms with van der Waals surface area (Å²) in [5, 5.41) is 15.2. The molecule has 0 aliphatic rings. The Bertz CT molecular complexity index is 700. The molecule has 2 N–H and O–H groups in total. The van der Waals surface area contributed by atoms with Gasteiger partial charge in [0, 0.05) is 31.6 Å². The summed E-state index contributed by atoms with van der Waals surface area (Å²) < 4.78 is 5.24. The summed E-state index contributed by atoms with van der Waals surface area (Å²) in [4.78, 5) is 12.2. The molecule has 0 saturated carbocycles. The Morgan fingerprint density at radius 2 is 2.14 bits per heavy atom. The van der Waals surface area contributed by atoms with Gasteiger partial charge >= 0.3 is 0 Å². The predicted molar refractivity (Wildman–Crippen MR) is 85.5 cm³/mol. The van der Waals surface area contributed by atoms with E-state index in [4.69, 9.17) is 22.2 Å². The number of nitriles is 1. The first-order chi connectivity index (χ1) is 10.7. The van der Waals surface area contributed by atoms with Gasteiger partial charge in [0.1, 0.15) is 11.8 Å². The fourth-order valence-corrected chi connectivity index (χ4v) is 1.95. The zero-order valence-electron chi connectivity index (χ0n) is 11.9. The lowest BCUT2D eigenvalue weighted by molar-refractivity contribution is 0.406. The van der Waals surface area contributed by atoms with Gasteiger partial charge in [-0.15, -0.1) is 0 Å². The van der Waals surface area contributed by atoms with Gasteiger partial charge < -0.3 is 15.4 Å². The fourth-order valence-electron chi connectivity index (χ4n) is 1.75. The molecule has 0 fully saturated rings. The minimum atomic E-state index is 0.193. The highest BCUT2D eigenvalue weighted by atomic mass is 32.1. The van der Waals surface area contributed by atoms with Crippen molar-refractivity contribution in [1.82, 2.24) is 20.3 Å². The van der Waals surface area contributed by atoms with Crippen LogP contribution >= 0.6 is 12.2 Å². The summed E-state index contributed by atoms with van der Waals surface area (Å²) >= 11 is 5.17. The highest BCUT2D eigenvalue weighted by Gasteiger charge is 2.07. The minimum Gasteiger partial charge on any atom is -0.495 e. The van der Waals surface area contributed by atoms with Crippen LogP contribution in [0.25, 0.3) is 0 Å². The molecule has 0 unspecified atom stereocenters. The van der Waals surface area contributed by atoms with Gasteiger partial charge in [-0.2, -0.15) is 5.26 Å². The quantitative estimate of drug-likeness (QED) is 0.797. The molecule has 2 aromatic rings. The molecule has 8 heteroatoms. The van der Waals surface area contributed by atoms with Crippen LogP contribution in [0.5, 0.6) is 5.75 Å². The first-order valence-corrected chi connectivity index (χ1v) is 6.89.